The van der Waals surface area contributed by atoms with Gasteiger partial charge in [0, 0.05) is 27.4 Å². The molecule has 1 amide bonds. The molecule has 5 nitrogen and oxygen atoms in total. The molecule has 4 rings (SSSR count). The summed E-state index contributed by atoms with van der Waals surface area (Å²) in [4.78, 5) is 26.0. The van der Waals surface area contributed by atoms with Gasteiger partial charge in [0.2, 0.25) is 0 Å². The van der Waals surface area contributed by atoms with Crippen LogP contribution in [0.3, 0.4) is 0 Å². The molecule has 0 bridgehead atoms. The molecule has 0 saturated heterocycles. The Morgan fingerprint density at radius 1 is 1.03 bits per heavy atom. The summed E-state index contributed by atoms with van der Waals surface area (Å²) in [6.07, 6.45) is 1.75. The van der Waals surface area contributed by atoms with E-state index in [2.05, 4.69) is 21.2 Å². The first-order valence-corrected chi connectivity index (χ1v) is 10.2. The van der Waals surface area contributed by atoms with E-state index in [9.17, 15) is 9.59 Å². The Morgan fingerprint density at radius 3 is 2.60 bits per heavy atom. The van der Waals surface area contributed by atoms with Gasteiger partial charge in [-0.05, 0) is 54.1 Å². The van der Waals surface area contributed by atoms with Gasteiger partial charge in [-0.2, -0.15) is 0 Å². The lowest BCUT2D eigenvalue weighted by molar-refractivity contribution is -0.112. The van der Waals surface area contributed by atoms with Crippen molar-refractivity contribution in [2.45, 2.75) is 0 Å². The summed E-state index contributed by atoms with van der Waals surface area (Å²) in [6.45, 7) is 0. The lowest BCUT2D eigenvalue weighted by Crippen LogP contribution is -2.24. The van der Waals surface area contributed by atoms with Crippen molar-refractivity contribution < 1.29 is 14.3 Å². The molecule has 0 fully saturated rings. The number of fused-ring (bicyclic) bond motifs is 1. The largest absolute Gasteiger partial charge is 0.495 e. The number of nitrogens with one attached hydrogen (secondary N) is 1. The SMILES string of the molecule is COc1ccc(-c2cc3ccccn3c2C(=O)C(=O)Nc2cccc(Br)c2)cc1Cl. The number of methoxy groups -OCH3 is 1. The van der Waals surface area contributed by atoms with Crippen molar-refractivity contribution in [3.63, 3.8) is 0 Å². The fraction of sp³-hybridized carbons (Fsp3) is 0.0435. The molecule has 2 aromatic carbocycles. The number of Topliss-reactive ketones (excluding diaryl/α,β-unsaturated/α-hetero) is 1. The van der Waals surface area contributed by atoms with Crippen LogP contribution in [-0.4, -0.2) is 23.2 Å². The van der Waals surface area contributed by atoms with Crippen LogP contribution in [0.25, 0.3) is 16.6 Å². The summed E-state index contributed by atoms with van der Waals surface area (Å²) < 4.78 is 7.72. The van der Waals surface area contributed by atoms with E-state index in [1.807, 2.05) is 30.3 Å². The number of halogens is 2. The normalized spacial score (nSPS) is 10.8. The van der Waals surface area contributed by atoms with Crippen LogP contribution in [0.5, 0.6) is 5.75 Å². The molecule has 150 valence electrons. The predicted octanol–water partition coefficient (Wildman–Crippen LogP) is 5.85. The lowest BCUT2D eigenvalue weighted by atomic mass is 10.0. The van der Waals surface area contributed by atoms with Gasteiger partial charge in [-0.3, -0.25) is 9.59 Å². The number of ketones is 1. The highest BCUT2D eigenvalue weighted by Crippen LogP contribution is 2.34. The van der Waals surface area contributed by atoms with Crippen molar-refractivity contribution in [2.75, 3.05) is 12.4 Å². The number of amides is 1. The van der Waals surface area contributed by atoms with Crippen LogP contribution in [0.2, 0.25) is 5.02 Å². The molecule has 2 aromatic heterocycles. The van der Waals surface area contributed by atoms with Crippen LogP contribution in [0.1, 0.15) is 10.5 Å². The molecule has 30 heavy (non-hydrogen) atoms. The molecule has 0 unspecified atom stereocenters. The lowest BCUT2D eigenvalue weighted by Gasteiger charge is -2.09. The maximum atomic E-state index is 13.2. The molecule has 0 spiro atoms. The number of hydrogen-bond acceptors (Lipinski definition) is 3. The first kappa shape index (κ1) is 20.2. The molecule has 0 aliphatic carbocycles. The highest BCUT2D eigenvalue weighted by Gasteiger charge is 2.25. The summed E-state index contributed by atoms with van der Waals surface area (Å²) in [5.41, 5.74) is 2.90. The first-order chi connectivity index (χ1) is 14.5. The fourth-order valence-electron chi connectivity index (χ4n) is 3.27. The van der Waals surface area contributed by atoms with Gasteiger partial charge < -0.3 is 14.5 Å². The minimum absolute atomic E-state index is 0.263. The Balaban J connectivity index is 1.79. The summed E-state index contributed by atoms with van der Waals surface area (Å²) in [7, 11) is 1.54. The third-order valence-electron chi connectivity index (χ3n) is 4.65. The van der Waals surface area contributed by atoms with Gasteiger partial charge in [0.1, 0.15) is 11.4 Å². The van der Waals surface area contributed by atoms with Crippen LogP contribution >= 0.6 is 27.5 Å². The molecule has 0 aliphatic heterocycles. The van der Waals surface area contributed by atoms with E-state index in [0.717, 1.165) is 9.99 Å². The number of benzene rings is 2. The molecule has 0 atom stereocenters. The van der Waals surface area contributed by atoms with Crippen molar-refractivity contribution in [3.8, 4) is 16.9 Å². The Labute approximate surface area is 186 Å². The van der Waals surface area contributed by atoms with E-state index in [0.29, 0.717) is 27.6 Å². The summed E-state index contributed by atoms with van der Waals surface area (Å²) >= 11 is 9.65. The number of anilines is 1. The zero-order valence-electron chi connectivity index (χ0n) is 15.9. The van der Waals surface area contributed by atoms with Crippen molar-refractivity contribution in [1.82, 2.24) is 4.40 Å². The average Bonchev–Trinajstić information content (AvgIpc) is 3.12. The molecule has 1 N–H and O–H groups in total. The van der Waals surface area contributed by atoms with Gasteiger partial charge in [-0.15, -0.1) is 0 Å². The Hall–Kier alpha value is -3.09. The van der Waals surface area contributed by atoms with Crippen molar-refractivity contribution in [3.05, 3.63) is 88.1 Å². The van der Waals surface area contributed by atoms with E-state index in [1.165, 1.54) is 7.11 Å². The summed E-state index contributed by atoms with van der Waals surface area (Å²) in [6, 6.07) is 19.7. The number of ether oxygens (including phenoxy) is 1. The second-order valence-corrected chi connectivity index (χ2v) is 7.87. The minimum atomic E-state index is -0.724. The number of carbonyl (C=O) groups is 2. The Bertz CT molecular complexity index is 1280. The van der Waals surface area contributed by atoms with Gasteiger partial charge >= 0.3 is 0 Å². The van der Waals surface area contributed by atoms with Crippen molar-refractivity contribution in [1.29, 1.82) is 0 Å². The third-order valence-corrected chi connectivity index (χ3v) is 5.43. The van der Waals surface area contributed by atoms with Crippen LogP contribution in [0, 0.1) is 0 Å². The van der Waals surface area contributed by atoms with E-state index in [1.54, 1.807) is 47.0 Å². The maximum absolute atomic E-state index is 13.2. The highest BCUT2D eigenvalue weighted by molar-refractivity contribution is 9.10. The Kier molecular flexibility index (Phi) is 5.61. The van der Waals surface area contributed by atoms with Crippen LogP contribution in [0.4, 0.5) is 5.69 Å². The van der Waals surface area contributed by atoms with Crippen molar-refractivity contribution >= 4 is 50.4 Å². The van der Waals surface area contributed by atoms with E-state index >= 15 is 0 Å². The van der Waals surface area contributed by atoms with E-state index in [-0.39, 0.29) is 5.69 Å². The number of carbonyl (C=O) groups excluding carboxylic acids is 2. The molecule has 7 heteroatoms. The number of hydrogen-bond donors (Lipinski definition) is 1. The predicted molar refractivity (Wildman–Crippen MR) is 121 cm³/mol. The van der Waals surface area contributed by atoms with Crippen LogP contribution in [-0.2, 0) is 4.79 Å². The monoisotopic (exact) mass is 482 g/mol. The third kappa shape index (κ3) is 3.84. The highest BCUT2D eigenvalue weighted by atomic mass is 79.9. The smallest absolute Gasteiger partial charge is 0.298 e. The molecular weight excluding hydrogens is 468 g/mol. The van der Waals surface area contributed by atoms with Gasteiger partial charge in [-0.25, -0.2) is 0 Å². The quantitative estimate of drug-likeness (QED) is 0.286. The number of pyridine rings is 1. The zero-order chi connectivity index (χ0) is 21.3. The second-order valence-electron chi connectivity index (χ2n) is 6.55. The molecule has 4 aromatic rings. The Morgan fingerprint density at radius 2 is 1.87 bits per heavy atom. The fourth-order valence-corrected chi connectivity index (χ4v) is 3.93. The topological polar surface area (TPSA) is 59.8 Å². The molecule has 0 radical (unpaired) electrons. The standard InChI is InChI=1S/C23H16BrClN2O3/c1-30-20-9-8-14(11-19(20)25)18-13-17-7-2-3-10-27(17)21(18)22(28)23(29)26-16-6-4-5-15(24)12-16/h2-13H,1H3,(H,26,29). The second kappa shape index (κ2) is 8.34. The van der Waals surface area contributed by atoms with Crippen molar-refractivity contribution in [2.24, 2.45) is 0 Å². The average molecular weight is 484 g/mol. The number of aromatic nitrogens is 1. The van der Waals surface area contributed by atoms with Gasteiger partial charge in [0.25, 0.3) is 11.7 Å². The number of nitrogens with zero attached hydrogens (tertiary/aromatic N) is 1. The number of rotatable bonds is 5. The van der Waals surface area contributed by atoms with Gasteiger partial charge in [0.05, 0.1) is 12.1 Å². The summed E-state index contributed by atoms with van der Waals surface area (Å²) in [5, 5.41) is 3.08. The molecule has 0 aliphatic rings. The first-order valence-electron chi connectivity index (χ1n) is 9.03. The minimum Gasteiger partial charge on any atom is -0.495 e. The van der Waals surface area contributed by atoms with Crippen LogP contribution in [0.15, 0.2) is 77.4 Å². The summed E-state index contributed by atoms with van der Waals surface area (Å²) in [5.74, 6) is -0.842. The molecule has 2 heterocycles. The maximum Gasteiger partial charge on any atom is 0.298 e. The van der Waals surface area contributed by atoms with Gasteiger partial charge in [-0.1, -0.05) is 45.7 Å². The van der Waals surface area contributed by atoms with E-state index in [4.69, 9.17) is 16.3 Å². The van der Waals surface area contributed by atoms with E-state index < -0.39 is 11.7 Å². The van der Waals surface area contributed by atoms with Crippen LogP contribution < -0.4 is 10.1 Å². The van der Waals surface area contributed by atoms with Gasteiger partial charge in [0.15, 0.2) is 0 Å². The zero-order valence-corrected chi connectivity index (χ0v) is 18.2. The molecule has 0 saturated carbocycles. The molecular formula is C23H16BrClN2O3.